The summed E-state index contributed by atoms with van der Waals surface area (Å²) in [7, 11) is 1.98. The molecular formula is C15H15ClN6. The number of hydrogen-bond donors (Lipinski definition) is 0. The van der Waals surface area contributed by atoms with E-state index in [-0.39, 0.29) is 6.04 Å². The summed E-state index contributed by atoms with van der Waals surface area (Å²) in [6, 6.07) is 6.13. The van der Waals surface area contributed by atoms with E-state index in [9.17, 15) is 0 Å². The summed E-state index contributed by atoms with van der Waals surface area (Å²) >= 11 is 5.98. The highest BCUT2D eigenvalue weighted by atomic mass is 35.5. The number of nitrogens with zero attached hydrogens (tertiary/aromatic N) is 6. The number of anilines is 1. The highest BCUT2D eigenvalue weighted by Gasteiger charge is 2.30. The summed E-state index contributed by atoms with van der Waals surface area (Å²) < 4.78 is 1.97. The van der Waals surface area contributed by atoms with E-state index in [1.807, 2.05) is 29.8 Å². The minimum Gasteiger partial charge on any atom is -0.346 e. The van der Waals surface area contributed by atoms with E-state index < -0.39 is 0 Å². The van der Waals surface area contributed by atoms with Gasteiger partial charge in [0.15, 0.2) is 11.5 Å². The summed E-state index contributed by atoms with van der Waals surface area (Å²) in [5.41, 5.74) is 0.713. The van der Waals surface area contributed by atoms with Gasteiger partial charge in [0.25, 0.3) is 0 Å². The van der Waals surface area contributed by atoms with Crippen LogP contribution in [0.15, 0.2) is 30.7 Å². The molecule has 1 aliphatic rings. The van der Waals surface area contributed by atoms with Crippen LogP contribution < -0.4 is 4.90 Å². The van der Waals surface area contributed by atoms with Crippen LogP contribution in [0.5, 0.6) is 0 Å². The number of hydrogen-bond acceptors (Lipinski definition) is 5. The lowest BCUT2D eigenvalue weighted by Crippen LogP contribution is -2.25. The van der Waals surface area contributed by atoms with Crippen molar-refractivity contribution in [2.75, 3.05) is 11.4 Å². The van der Waals surface area contributed by atoms with Crippen LogP contribution in [0.4, 0.5) is 5.82 Å². The maximum Gasteiger partial charge on any atom is 0.161 e. The summed E-state index contributed by atoms with van der Waals surface area (Å²) in [4.78, 5) is 11.3. The second kappa shape index (κ2) is 5.21. The van der Waals surface area contributed by atoms with Gasteiger partial charge in [-0.25, -0.2) is 9.97 Å². The predicted octanol–water partition coefficient (Wildman–Crippen LogP) is 2.75. The third kappa shape index (κ3) is 2.20. The molecule has 3 aromatic rings. The number of rotatable bonds is 2. The fourth-order valence-corrected chi connectivity index (χ4v) is 3.20. The van der Waals surface area contributed by atoms with Gasteiger partial charge in [0, 0.05) is 25.2 Å². The average molecular weight is 315 g/mol. The molecule has 0 spiro atoms. The Morgan fingerprint density at radius 3 is 3.05 bits per heavy atom. The van der Waals surface area contributed by atoms with Gasteiger partial charge in [-0.3, -0.25) is 0 Å². The van der Waals surface area contributed by atoms with Crippen molar-refractivity contribution in [3.05, 3.63) is 41.6 Å². The Hall–Kier alpha value is -2.21. The first kappa shape index (κ1) is 13.5. The number of aryl methyl sites for hydroxylation is 1. The topological polar surface area (TPSA) is 59.7 Å². The Bertz CT molecular complexity index is 830. The number of fused-ring (bicyclic) bond motifs is 1. The Labute approximate surface area is 132 Å². The molecule has 4 heterocycles. The summed E-state index contributed by atoms with van der Waals surface area (Å²) in [5, 5.41) is 9.83. The zero-order valence-corrected chi connectivity index (χ0v) is 12.9. The van der Waals surface area contributed by atoms with Crippen LogP contribution in [-0.4, -0.2) is 31.3 Å². The predicted molar refractivity (Wildman–Crippen MR) is 84.9 cm³/mol. The zero-order valence-electron chi connectivity index (χ0n) is 12.1. The largest absolute Gasteiger partial charge is 0.346 e. The molecule has 0 aliphatic carbocycles. The Morgan fingerprint density at radius 2 is 2.23 bits per heavy atom. The van der Waals surface area contributed by atoms with Gasteiger partial charge in [-0.2, -0.15) is 0 Å². The molecule has 1 fully saturated rings. The van der Waals surface area contributed by atoms with E-state index in [0.29, 0.717) is 10.7 Å². The van der Waals surface area contributed by atoms with Crippen LogP contribution in [-0.2, 0) is 7.05 Å². The minimum atomic E-state index is 0.213. The van der Waals surface area contributed by atoms with Crippen molar-refractivity contribution in [1.29, 1.82) is 0 Å². The lowest BCUT2D eigenvalue weighted by molar-refractivity contribution is 0.625. The van der Waals surface area contributed by atoms with E-state index in [4.69, 9.17) is 11.6 Å². The quantitative estimate of drug-likeness (QED) is 0.728. The molecule has 4 rings (SSSR count). The molecule has 22 heavy (non-hydrogen) atoms. The average Bonchev–Trinajstić information content (AvgIpc) is 3.15. The summed E-state index contributed by atoms with van der Waals surface area (Å²) in [6.07, 6.45) is 5.54. The highest BCUT2D eigenvalue weighted by molar-refractivity contribution is 6.31. The van der Waals surface area contributed by atoms with Crippen LogP contribution in [0.25, 0.3) is 11.0 Å². The number of aromatic nitrogens is 5. The summed E-state index contributed by atoms with van der Waals surface area (Å²) in [6.45, 7) is 0.962. The molecule has 0 amide bonds. The van der Waals surface area contributed by atoms with Gasteiger partial charge in [0.2, 0.25) is 0 Å². The first-order valence-corrected chi connectivity index (χ1v) is 7.63. The molecule has 1 aliphatic heterocycles. The number of pyridine rings is 2. The molecule has 0 aromatic carbocycles. The Kier molecular flexibility index (Phi) is 3.18. The molecule has 0 saturated carbocycles. The third-order valence-electron chi connectivity index (χ3n) is 4.09. The second-order valence-electron chi connectivity index (χ2n) is 5.52. The maximum absolute atomic E-state index is 5.98. The van der Waals surface area contributed by atoms with Crippen LogP contribution >= 0.6 is 11.6 Å². The zero-order chi connectivity index (χ0) is 15.1. The van der Waals surface area contributed by atoms with E-state index >= 15 is 0 Å². The number of halogens is 1. The lowest BCUT2D eigenvalue weighted by Gasteiger charge is -2.25. The molecule has 0 radical (unpaired) electrons. The van der Waals surface area contributed by atoms with Crippen molar-refractivity contribution in [1.82, 2.24) is 24.7 Å². The van der Waals surface area contributed by atoms with Gasteiger partial charge in [0.1, 0.15) is 12.1 Å². The molecule has 6 nitrogen and oxygen atoms in total. The van der Waals surface area contributed by atoms with E-state index in [0.717, 1.165) is 36.4 Å². The normalized spacial score (nSPS) is 18.3. The fraction of sp³-hybridized carbons (Fsp3) is 0.333. The van der Waals surface area contributed by atoms with Crippen LogP contribution in [0, 0.1) is 0 Å². The second-order valence-corrected chi connectivity index (χ2v) is 5.96. The van der Waals surface area contributed by atoms with Gasteiger partial charge < -0.3 is 9.47 Å². The maximum atomic E-state index is 5.98. The first-order chi connectivity index (χ1) is 10.7. The van der Waals surface area contributed by atoms with Crippen molar-refractivity contribution in [3.63, 3.8) is 0 Å². The molecule has 0 bridgehead atoms. The van der Waals surface area contributed by atoms with Gasteiger partial charge in [-0.1, -0.05) is 11.6 Å². The van der Waals surface area contributed by atoms with E-state index in [1.54, 1.807) is 12.5 Å². The third-order valence-corrected chi connectivity index (χ3v) is 4.29. The Balaban J connectivity index is 1.74. The molecular weight excluding hydrogens is 300 g/mol. The molecule has 7 heteroatoms. The van der Waals surface area contributed by atoms with Crippen molar-refractivity contribution >= 4 is 28.5 Å². The van der Waals surface area contributed by atoms with Crippen LogP contribution in [0.1, 0.15) is 24.7 Å². The highest BCUT2D eigenvalue weighted by Crippen LogP contribution is 2.34. The van der Waals surface area contributed by atoms with Gasteiger partial charge in [0.05, 0.1) is 11.1 Å². The van der Waals surface area contributed by atoms with Crippen molar-refractivity contribution in [3.8, 4) is 0 Å². The van der Waals surface area contributed by atoms with Crippen LogP contribution in [0.3, 0.4) is 0 Å². The van der Waals surface area contributed by atoms with Gasteiger partial charge in [-0.15, -0.1) is 10.2 Å². The molecule has 3 aromatic heterocycles. The molecule has 112 valence electrons. The van der Waals surface area contributed by atoms with Crippen molar-refractivity contribution in [2.24, 2.45) is 7.05 Å². The van der Waals surface area contributed by atoms with Gasteiger partial charge >= 0.3 is 0 Å². The minimum absolute atomic E-state index is 0.213. The SMILES string of the molecule is Cn1cnnc1C1CCCN1c1ccc2cc(Cl)cnc2n1. The molecule has 1 saturated heterocycles. The van der Waals surface area contributed by atoms with E-state index in [2.05, 4.69) is 25.1 Å². The standard InChI is InChI=1S/C15H15ClN6/c1-21-9-18-20-15(21)12-3-2-6-22(12)13-5-4-10-7-11(16)8-17-14(10)19-13/h4-5,7-9,12H,2-3,6H2,1H3. The lowest BCUT2D eigenvalue weighted by atomic mass is 10.2. The monoisotopic (exact) mass is 314 g/mol. The van der Waals surface area contributed by atoms with Crippen LogP contribution in [0.2, 0.25) is 5.02 Å². The molecule has 1 unspecified atom stereocenters. The van der Waals surface area contributed by atoms with E-state index in [1.165, 1.54) is 0 Å². The fourth-order valence-electron chi connectivity index (χ4n) is 3.04. The van der Waals surface area contributed by atoms with Gasteiger partial charge in [-0.05, 0) is 31.0 Å². The Morgan fingerprint density at radius 1 is 1.32 bits per heavy atom. The molecule has 0 N–H and O–H groups in total. The molecule has 1 atom stereocenters. The summed E-state index contributed by atoms with van der Waals surface area (Å²) in [5.74, 6) is 1.90. The van der Waals surface area contributed by atoms with Crippen molar-refractivity contribution < 1.29 is 0 Å². The first-order valence-electron chi connectivity index (χ1n) is 7.25. The van der Waals surface area contributed by atoms with Crippen molar-refractivity contribution in [2.45, 2.75) is 18.9 Å². The smallest absolute Gasteiger partial charge is 0.161 e.